The Kier molecular flexibility index (Phi) is 6.00. The van der Waals surface area contributed by atoms with Crippen molar-refractivity contribution in [3.05, 3.63) is 59.7 Å². The van der Waals surface area contributed by atoms with Gasteiger partial charge < -0.3 is 19.5 Å². The summed E-state index contributed by atoms with van der Waals surface area (Å²) < 4.78 is 11.1. The van der Waals surface area contributed by atoms with E-state index in [4.69, 9.17) is 9.47 Å². The molecule has 1 aliphatic heterocycles. The first kappa shape index (κ1) is 20.7. The molecule has 2 aliphatic rings. The molecule has 2 aromatic rings. The summed E-state index contributed by atoms with van der Waals surface area (Å²) in [4.78, 5) is 15.4. The second-order valence-electron chi connectivity index (χ2n) is 8.51. The number of aliphatic hydroxyl groups is 1. The largest absolute Gasteiger partial charge is 0.497 e. The molecule has 1 heterocycles. The molecule has 0 spiro atoms. The number of hydrogen-bond donors (Lipinski definition) is 1. The molecule has 2 aromatic carbocycles. The zero-order chi connectivity index (χ0) is 21.1. The predicted octanol–water partition coefficient (Wildman–Crippen LogP) is 4.14. The Morgan fingerprint density at radius 3 is 2.63 bits per heavy atom. The molecule has 160 valence electrons. The van der Waals surface area contributed by atoms with Crippen LogP contribution in [0.4, 0.5) is 0 Å². The normalized spacial score (nSPS) is 26.0. The van der Waals surface area contributed by atoms with E-state index in [1.165, 1.54) is 0 Å². The lowest BCUT2D eigenvalue weighted by Gasteiger charge is -2.52. The van der Waals surface area contributed by atoms with Gasteiger partial charge >= 0.3 is 0 Å². The molecule has 0 radical (unpaired) electrons. The highest BCUT2D eigenvalue weighted by molar-refractivity contribution is 5.79. The number of methoxy groups -OCH3 is 2. The second-order valence-corrected chi connectivity index (χ2v) is 8.51. The molecule has 0 unspecified atom stereocenters. The number of ether oxygens (including phenoxy) is 2. The number of hydrogen-bond acceptors (Lipinski definition) is 4. The second kappa shape index (κ2) is 8.68. The molecule has 0 aromatic heterocycles. The maximum absolute atomic E-state index is 13.4. The first-order valence-electron chi connectivity index (χ1n) is 10.8. The van der Waals surface area contributed by atoms with Crippen molar-refractivity contribution in [2.75, 3.05) is 20.8 Å². The van der Waals surface area contributed by atoms with E-state index in [0.29, 0.717) is 30.9 Å². The van der Waals surface area contributed by atoms with Crippen LogP contribution in [0.1, 0.15) is 49.3 Å². The van der Waals surface area contributed by atoms with E-state index < -0.39 is 5.60 Å². The first-order chi connectivity index (χ1) is 14.6. The van der Waals surface area contributed by atoms with Crippen LogP contribution in [-0.2, 0) is 11.2 Å². The molecule has 4 rings (SSSR count). The number of rotatable bonds is 5. The Balaban J connectivity index is 1.73. The molecule has 1 saturated carbocycles. The van der Waals surface area contributed by atoms with Gasteiger partial charge in [-0.25, -0.2) is 0 Å². The minimum absolute atomic E-state index is 0.00187. The number of carbonyl (C=O) groups excluding carboxylic acids is 1. The van der Waals surface area contributed by atoms with Gasteiger partial charge in [0.05, 0.1) is 32.3 Å². The van der Waals surface area contributed by atoms with Gasteiger partial charge in [0, 0.05) is 24.1 Å². The lowest BCUT2D eigenvalue weighted by molar-refractivity contribution is -0.154. The van der Waals surface area contributed by atoms with Crippen molar-refractivity contribution in [2.24, 2.45) is 5.92 Å². The summed E-state index contributed by atoms with van der Waals surface area (Å²) in [5.41, 5.74) is 1.23. The Hall–Kier alpha value is -2.53. The predicted molar refractivity (Wildman–Crippen MR) is 116 cm³/mol. The van der Waals surface area contributed by atoms with Gasteiger partial charge in [0.2, 0.25) is 5.91 Å². The van der Waals surface area contributed by atoms with Crippen molar-refractivity contribution < 1.29 is 19.4 Å². The summed E-state index contributed by atoms with van der Waals surface area (Å²) in [7, 11) is 3.27. The molecule has 2 fully saturated rings. The molecule has 1 saturated heterocycles. The molecule has 1 aliphatic carbocycles. The molecule has 1 N–H and O–H groups in total. The van der Waals surface area contributed by atoms with E-state index in [0.717, 1.165) is 36.8 Å². The molecule has 5 heteroatoms. The molecule has 0 bridgehead atoms. The summed E-state index contributed by atoms with van der Waals surface area (Å²) in [6, 6.07) is 15.4. The Labute approximate surface area is 178 Å². The van der Waals surface area contributed by atoms with Crippen LogP contribution in [0.5, 0.6) is 11.5 Å². The standard InChI is InChI=1S/C25H31NO4/c1-29-19-11-12-20(22(17-19)30-2)24-21-10-6-7-13-25(21,28)14-15-26(24)23(27)16-18-8-4-3-5-9-18/h3-5,8-9,11-12,17,21,24,28H,6-7,10,13-16H2,1-2H3/t21-,24+,25-/m1/s1. The molecular formula is C25H31NO4. The Morgan fingerprint density at radius 2 is 1.90 bits per heavy atom. The Morgan fingerprint density at radius 1 is 1.10 bits per heavy atom. The fraction of sp³-hybridized carbons (Fsp3) is 0.480. The third kappa shape index (κ3) is 3.91. The van der Waals surface area contributed by atoms with Crippen molar-refractivity contribution >= 4 is 5.91 Å². The SMILES string of the molecule is COc1ccc([C@H]2[C@H]3CCCC[C@@]3(O)CCN2C(=O)Cc2ccccc2)c(OC)c1. The number of benzene rings is 2. The average molecular weight is 410 g/mol. The minimum Gasteiger partial charge on any atom is -0.497 e. The third-order valence-corrected chi connectivity index (χ3v) is 6.85. The molecule has 3 atom stereocenters. The van der Waals surface area contributed by atoms with Gasteiger partial charge in [-0.2, -0.15) is 0 Å². The van der Waals surface area contributed by atoms with Crippen molar-refractivity contribution in [3.8, 4) is 11.5 Å². The van der Waals surface area contributed by atoms with Crippen molar-refractivity contribution in [3.63, 3.8) is 0 Å². The lowest BCUT2D eigenvalue weighted by Crippen LogP contribution is -2.56. The van der Waals surface area contributed by atoms with E-state index in [1.54, 1.807) is 14.2 Å². The molecule has 30 heavy (non-hydrogen) atoms. The molecule has 1 amide bonds. The highest BCUT2D eigenvalue weighted by atomic mass is 16.5. The van der Waals surface area contributed by atoms with E-state index in [1.807, 2.05) is 53.4 Å². The van der Waals surface area contributed by atoms with Crippen LogP contribution in [0, 0.1) is 5.92 Å². The average Bonchev–Trinajstić information content (AvgIpc) is 2.78. The van der Waals surface area contributed by atoms with Gasteiger partial charge in [-0.05, 0) is 37.0 Å². The fourth-order valence-corrected chi connectivity index (χ4v) is 5.28. The van der Waals surface area contributed by atoms with Gasteiger partial charge in [-0.3, -0.25) is 4.79 Å². The van der Waals surface area contributed by atoms with Crippen LogP contribution in [0.3, 0.4) is 0 Å². The number of amides is 1. The maximum atomic E-state index is 13.4. The highest BCUT2D eigenvalue weighted by Crippen LogP contribution is 2.51. The van der Waals surface area contributed by atoms with E-state index in [-0.39, 0.29) is 17.9 Å². The number of carbonyl (C=O) groups is 1. The quantitative estimate of drug-likeness (QED) is 0.806. The maximum Gasteiger partial charge on any atom is 0.227 e. The van der Waals surface area contributed by atoms with Crippen LogP contribution in [0.25, 0.3) is 0 Å². The van der Waals surface area contributed by atoms with Gasteiger partial charge in [-0.1, -0.05) is 43.2 Å². The van der Waals surface area contributed by atoms with Gasteiger partial charge in [-0.15, -0.1) is 0 Å². The van der Waals surface area contributed by atoms with Crippen LogP contribution < -0.4 is 9.47 Å². The third-order valence-electron chi connectivity index (χ3n) is 6.85. The van der Waals surface area contributed by atoms with Crippen molar-refractivity contribution in [1.82, 2.24) is 4.90 Å². The summed E-state index contributed by atoms with van der Waals surface area (Å²) in [6.45, 7) is 0.554. The zero-order valence-corrected chi connectivity index (χ0v) is 17.8. The topological polar surface area (TPSA) is 59.0 Å². The monoisotopic (exact) mass is 409 g/mol. The Bertz CT molecular complexity index is 884. The summed E-state index contributed by atoms with van der Waals surface area (Å²) in [5.74, 6) is 1.51. The van der Waals surface area contributed by atoms with Gasteiger partial charge in [0.25, 0.3) is 0 Å². The van der Waals surface area contributed by atoms with Gasteiger partial charge in [0.1, 0.15) is 11.5 Å². The number of fused-ring (bicyclic) bond motifs is 1. The minimum atomic E-state index is -0.725. The number of nitrogens with zero attached hydrogens (tertiary/aromatic N) is 1. The summed E-state index contributed by atoms with van der Waals surface area (Å²) >= 11 is 0. The van der Waals surface area contributed by atoms with Gasteiger partial charge in [0.15, 0.2) is 0 Å². The van der Waals surface area contributed by atoms with Crippen molar-refractivity contribution in [2.45, 2.75) is 50.2 Å². The highest BCUT2D eigenvalue weighted by Gasteiger charge is 2.50. The van der Waals surface area contributed by atoms with Crippen LogP contribution in [0.2, 0.25) is 0 Å². The van der Waals surface area contributed by atoms with Crippen LogP contribution in [0.15, 0.2) is 48.5 Å². The zero-order valence-electron chi connectivity index (χ0n) is 17.8. The number of piperidine rings is 1. The molecule has 5 nitrogen and oxygen atoms in total. The lowest BCUT2D eigenvalue weighted by atomic mass is 9.66. The van der Waals surface area contributed by atoms with E-state index >= 15 is 0 Å². The number of likely N-dealkylation sites (tertiary alicyclic amines) is 1. The smallest absolute Gasteiger partial charge is 0.227 e. The van der Waals surface area contributed by atoms with Crippen LogP contribution >= 0.6 is 0 Å². The van der Waals surface area contributed by atoms with E-state index in [2.05, 4.69) is 0 Å². The fourth-order valence-electron chi connectivity index (χ4n) is 5.28. The van der Waals surface area contributed by atoms with E-state index in [9.17, 15) is 9.90 Å². The summed E-state index contributed by atoms with van der Waals surface area (Å²) in [5, 5.41) is 11.5. The first-order valence-corrected chi connectivity index (χ1v) is 10.8. The summed E-state index contributed by atoms with van der Waals surface area (Å²) in [6.07, 6.45) is 4.81. The molecular weight excluding hydrogens is 378 g/mol. The van der Waals surface area contributed by atoms with Crippen molar-refractivity contribution in [1.29, 1.82) is 0 Å². The van der Waals surface area contributed by atoms with Crippen LogP contribution in [-0.4, -0.2) is 42.3 Å².